The molecule has 0 saturated carbocycles. The number of fused-ring (bicyclic) bond motifs is 1. The molecule has 1 unspecified atom stereocenters. The van der Waals surface area contributed by atoms with E-state index in [1.54, 1.807) is 11.0 Å². The molecule has 7 nitrogen and oxygen atoms in total. The van der Waals surface area contributed by atoms with Crippen LogP contribution in [0.5, 0.6) is 0 Å². The average Bonchev–Trinajstić information content (AvgIpc) is 3.26. The number of H-pyrrole nitrogens is 1. The standard InChI is InChI=1S/C25H28BrClN4O3/c1-13(2)12-31-22-21(23(32)29-25(31)34)17(11-19(28-22)14(3)4)24(33)30-9-5-6-20(30)16-10-15(26)7-8-18(16)27/h7-8,10-11,13-14,20H,5-6,9,12H2,1-4H3,(H,29,32,34). The van der Waals surface area contributed by atoms with Crippen LogP contribution in [0.1, 0.15) is 74.1 Å². The molecule has 1 atom stereocenters. The van der Waals surface area contributed by atoms with Crippen LogP contribution in [0.4, 0.5) is 0 Å². The zero-order chi connectivity index (χ0) is 24.7. The monoisotopic (exact) mass is 546 g/mol. The Morgan fingerprint density at radius 2 is 1.97 bits per heavy atom. The lowest BCUT2D eigenvalue weighted by atomic mass is 10.0. The van der Waals surface area contributed by atoms with Gasteiger partial charge in [-0.2, -0.15) is 0 Å². The molecule has 0 aliphatic carbocycles. The summed E-state index contributed by atoms with van der Waals surface area (Å²) in [5, 5.41) is 0.750. The van der Waals surface area contributed by atoms with E-state index in [-0.39, 0.29) is 40.4 Å². The second-order valence-electron chi connectivity index (χ2n) is 9.53. The van der Waals surface area contributed by atoms with Gasteiger partial charge in [-0.1, -0.05) is 55.2 Å². The van der Waals surface area contributed by atoms with Crippen molar-refractivity contribution in [2.75, 3.05) is 6.54 Å². The summed E-state index contributed by atoms with van der Waals surface area (Å²) in [6, 6.07) is 7.12. The smallest absolute Gasteiger partial charge is 0.330 e. The van der Waals surface area contributed by atoms with Gasteiger partial charge < -0.3 is 4.90 Å². The van der Waals surface area contributed by atoms with Crippen molar-refractivity contribution in [1.29, 1.82) is 0 Å². The fourth-order valence-corrected chi connectivity index (χ4v) is 5.17. The van der Waals surface area contributed by atoms with E-state index in [1.807, 2.05) is 45.9 Å². The molecule has 4 rings (SSSR count). The maximum atomic E-state index is 14.0. The summed E-state index contributed by atoms with van der Waals surface area (Å²) in [5.74, 6) is -0.100. The van der Waals surface area contributed by atoms with E-state index in [0.717, 1.165) is 22.9 Å². The van der Waals surface area contributed by atoms with Crippen LogP contribution in [0.15, 0.2) is 38.3 Å². The number of aromatic amines is 1. The Labute approximate surface area is 211 Å². The lowest BCUT2D eigenvalue weighted by Gasteiger charge is -2.27. The third-order valence-electron chi connectivity index (χ3n) is 6.17. The minimum absolute atomic E-state index is 0.00624. The zero-order valence-corrected chi connectivity index (χ0v) is 22.0. The molecule has 1 aliphatic heterocycles. The molecule has 3 aromatic rings. The highest BCUT2D eigenvalue weighted by atomic mass is 79.9. The number of amides is 1. The molecule has 1 fully saturated rings. The van der Waals surface area contributed by atoms with E-state index in [2.05, 4.69) is 25.9 Å². The Morgan fingerprint density at radius 3 is 2.65 bits per heavy atom. The largest absolute Gasteiger partial charge is 0.332 e. The first-order valence-electron chi connectivity index (χ1n) is 11.5. The highest BCUT2D eigenvalue weighted by Crippen LogP contribution is 2.38. The molecule has 2 aromatic heterocycles. The van der Waals surface area contributed by atoms with Gasteiger partial charge in [-0.05, 0) is 54.5 Å². The number of halogens is 2. The number of likely N-dealkylation sites (tertiary alicyclic amines) is 1. The first-order chi connectivity index (χ1) is 16.1. The maximum absolute atomic E-state index is 14.0. The quantitative estimate of drug-likeness (QED) is 0.472. The van der Waals surface area contributed by atoms with Gasteiger partial charge in [0, 0.05) is 28.3 Å². The van der Waals surface area contributed by atoms with Crippen LogP contribution in [0.3, 0.4) is 0 Å². The van der Waals surface area contributed by atoms with Crippen LogP contribution < -0.4 is 11.2 Å². The van der Waals surface area contributed by atoms with Crippen LogP contribution >= 0.6 is 27.5 Å². The highest BCUT2D eigenvalue weighted by Gasteiger charge is 2.34. The third kappa shape index (κ3) is 4.58. The number of hydrogen-bond donors (Lipinski definition) is 1. The minimum Gasteiger partial charge on any atom is -0.332 e. The van der Waals surface area contributed by atoms with Crippen molar-refractivity contribution in [2.45, 2.75) is 59.0 Å². The molecule has 1 aliphatic rings. The van der Waals surface area contributed by atoms with Gasteiger partial charge >= 0.3 is 5.69 Å². The number of carbonyl (C=O) groups excluding carboxylic acids is 1. The van der Waals surface area contributed by atoms with Gasteiger partial charge in [0.1, 0.15) is 0 Å². The van der Waals surface area contributed by atoms with Crippen molar-refractivity contribution in [3.05, 3.63) is 71.4 Å². The topological polar surface area (TPSA) is 88.1 Å². The van der Waals surface area contributed by atoms with Crippen LogP contribution in [0.25, 0.3) is 11.0 Å². The number of hydrogen-bond acceptors (Lipinski definition) is 4. The van der Waals surface area contributed by atoms with Gasteiger partial charge in [-0.25, -0.2) is 9.78 Å². The van der Waals surface area contributed by atoms with Crippen LogP contribution in [-0.4, -0.2) is 31.9 Å². The van der Waals surface area contributed by atoms with Crippen molar-refractivity contribution in [1.82, 2.24) is 19.4 Å². The van der Waals surface area contributed by atoms with Crippen molar-refractivity contribution in [2.24, 2.45) is 5.92 Å². The molecular weight excluding hydrogens is 520 g/mol. The van der Waals surface area contributed by atoms with Crippen LogP contribution in [0.2, 0.25) is 5.02 Å². The molecule has 1 saturated heterocycles. The van der Waals surface area contributed by atoms with Crippen LogP contribution in [-0.2, 0) is 6.54 Å². The fraction of sp³-hybridized carbons (Fsp3) is 0.440. The third-order valence-corrected chi connectivity index (χ3v) is 7.01. The van der Waals surface area contributed by atoms with Crippen molar-refractivity contribution in [3.63, 3.8) is 0 Å². The Bertz CT molecular complexity index is 1380. The van der Waals surface area contributed by atoms with Gasteiger partial charge in [0.15, 0.2) is 5.65 Å². The summed E-state index contributed by atoms with van der Waals surface area (Å²) in [7, 11) is 0. The predicted molar refractivity (Wildman–Crippen MR) is 138 cm³/mol. The van der Waals surface area contributed by atoms with Gasteiger partial charge in [-0.15, -0.1) is 0 Å². The fourth-order valence-electron chi connectivity index (χ4n) is 4.55. The Kier molecular flexibility index (Phi) is 7.01. The Hall–Kier alpha value is -2.45. The summed E-state index contributed by atoms with van der Waals surface area (Å²) in [4.78, 5) is 48.5. The summed E-state index contributed by atoms with van der Waals surface area (Å²) in [6.45, 7) is 8.85. The van der Waals surface area contributed by atoms with E-state index in [1.165, 1.54) is 4.57 Å². The molecule has 0 radical (unpaired) electrons. The van der Waals surface area contributed by atoms with E-state index >= 15 is 0 Å². The molecule has 1 amide bonds. The van der Waals surface area contributed by atoms with Gasteiger partial charge in [0.25, 0.3) is 11.5 Å². The van der Waals surface area contributed by atoms with Gasteiger partial charge in [0.2, 0.25) is 0 Å². The number of aromatic nitrogens is 3. The molecule has 1 aromatic carbocycles. The second kappa shape index (κ2) is 9.66. The lowest BCUT2D eigenvalue weighted by Crippen LogP contribution is -2.36. The van der Waals surface area contributed by atoms with Crippen LogP contribution in [0, 0.1) is 5.92 Å². The minimum atomic E-state index is -0.595. The summed E-state index contributed by atoms with van der Waals surface area (Å²) < 4.78 is 2.35. The first-order valence-corrected chi connectivity index (χ1v) is 12.7. The first kappa shape index (κ1) is 24.7. The normalized spacial score (nSPS) is 16.2. The molecule has 0 bridgehead atoms. The summed E-state index contributed by atoms with van der Waals surface area (Å²) in [5.41, 5.74) is 0.948. The maximum Gasteiger partial charge on any atom is 0.330 e. The van der Waals surface area contributed by atoms with Gasteiger partial charge in [0.05, 0.1) is 17.0 Å². The summed E-state index contributed by atoms with van der Waals surface area (Å²) in [6.07, 6.45) is 1.60. The number of nitrogens with zero attached hydrogens (tertiary/aromatic N) is 3. The molecule has 34 heavy (non-hydrogen) atoms. The molecular formula is C25H28BrClN4O3. The number of carbonyl (C=O) groups is 1. The van der Waals surface area contributed by atoms with Gasteiger partial charge in [-0.3, -0.25) is 19.1 Å². The van der Waals surface area contributed by atoms with E-state index in [0.29, 0.717) is 23.8 Å². The Balaban J connectivity index is 1.92. The lowest BCUT2D eigenvalue weighted by molar-refractivity contribution is 0.0737. The van der Waals surface area contributed by atoms with Crippen molar-refractivity contribution in [3.8, 4) is 0 Å². The number of benzene rings is 1. The second-order valence-corrected chi connectivity index (χ2v) is 10.9. The van der Waals surface area contributed by atoms with E-state index in [9.17, 15) is 14.4 Å². The SMILES string of the molecule is CC(C)Cn1c(=O)[nH]c(=O)c2c(C(=O)N3CCCC3c3cc(Br)ccc3Cl)cc(C(C)C)nc21. The zero-order valence-electron chi connectivity index (χ0n) is 19.7. The van der Waals surface area contributed by atoms with Crippen molar-refractivity contribution < 1.29 is 4.79 Å². The van der Waals surface area contributed by atoms with E-state index < -0.39 is 11.2 Å². The Morgan fingerprint density at radius 1 is 1.24 bits per heavy atom. The summed E-state index contributed by atoms with van der Waals surface area (Å²) >= 11 is 10.0. The molecule has 180 valence electrons. The number of pyridine rings is 1. The van der Waals surface area contributed by atoms with Crippen molar-refractivity contribution >= 4 is 44.5 Å². The molecule has 9 heteroatoms. The molecule has 3 heterocycles. The molecule has 1 N–H and O–H groups in total. The highest BCUT2D eigenvalue weighted by molar-refractivity contribution is 9.10. The predicted octanol–water partition coefficient (Wildman–Crippen LogP) is 5.26. The number of nitrogens with one attached hydrogen (secondary N) is 1. The molecule has 0 spiro atoms. The van der Waals surface area contributed by atoms with E-state index in [4.69, 9.17) is 11.6 Å². The number of rotatable bonds is 5. The average molecular weight is 548 g/mol.